The maximum absolute atomic E-state index is 5.92. The molecular formula is C12H21N3. The molecule has 84 valence electrons. The summed E-state index contributed by atoms with van der Waals surface area (Å²) in [6.07, 6.45) is 1.82. The van der Waals surface area contributed by atoms with Crippen LogP contribution in [0.2, 0.25) is 0 Å². The van der Waals surface area contributed by atoms with E-state index >= 15 is 0 Å². The van der Waals surface area contributed by atoms with Gasteiger partial charge in [-0.1, -0.05) is 19.9 Å². The van der Waals surface area contributed by atoms with Gasteiger partial charge in [0.05, 0.1) is 0 Å². The lowest BCUT2D eigenvalue weighted by Crippen LogP contribution is -2.25. The fraction of sp³-hybridized carbons (Fsp3) is 0.583. The third-order valence-electron chi connectivity index (χ3n) is 2.31. The van der Waals surface area contributed by atoms with E-state index in [0.29, 0.717) is 5.92 Å². The maximum Gasteiger partial charge on any atom is 0.133 e. The predicted molar refractivity (Wildman–Crippen MR) is 64.9 cm³/mol. The smallest absolute Gasteiger partial charge is 0.133 e. The van der Waals surface area contributed by atoms with Crippen LogP contribution in [0.25, 0.3) is 0 Å². The minimum Gasteiger partial charge on any atom is -0.359 e. The summed E-state index contributed by atoms with van der Waals surface area (Å²) in [6.45, 7) is 7.39. The van der Waals surface area contributed by atoms with Gasteiger partial charge in [-0.25, -0.2) is 4.98 Å². The molecule has 0 radical (unpaired) electrons. The lowest BCUT2D eigenvalue weighted by molar-refractivity contribution is 0.630. The molecule has 3 nitrogen and oxygen atoms in total. The summed E-state index contributed by atoms with van der Waals surface area (Å²) >= 11 is 0. The largest absolute Gasteiger partial charge is 0.359 e. The molecule has 3 heteroatoms. The van der Waals surface area contributed by atoms with Crippen molar-refractivity contribution in [1.29, 1.82) is 0 Å². The van der Waals surface area contributed by atoms with Crippen molar-refractivity contribution in [3.05, 3.63) is 23.9 Å². The molecule has 0 spiro atoms. The highest BCUT2D eigenvalue weighted by atomic mass is 15.2. The van der Waals surface area contributed by atoms with Crippen LogP contribution < -0.4 is 10.6 Å². The number of nitrogens with zero attached hydrogens (tertiary/aromatic N) is 2. The van der Waals surface area contributed by atoms with Crippen molar-refractivity contribution < 1.29 is 0 Å². The quantitative estimate of drug-likeness (QED) is 0.823. The Morgan fingerprint density at radius 3 is 2.60 bits per heavy atom. The number of anilines is 1. The molecule has 2 N–H and O–H groups in total. The molecule has 0 saturated heterocycles. The molecule has 0 fully saturated rings. The zero-order valence-electron chi connectivity index (χ0n) is 10.1. The van der Waals surface area contributed by atoms with Crippen molar-refractivity contribution in [2.24, 2.45) is 11.7 Å². The second-order valence-electron chi connectivity index (χ2n) is 4.48. The van der Waals surface area contributed by atoms with E-state index in [1.54, 1.807) is 0 Å². The topological polar surface area (TPSA) is 42.2 Å². The van der Waals surface area contributed by atoms with Gasteiger partial charge in [-0.3, -0.25) is 0 Å². The zero-order valence-corrected chi connectivity index (χ0v) is 10.1. The van der Waals surface area contributed by atoms with Gasteiger partial charge in [0.15, 0.2) is 0 Å². The molecule has 0 saturated carbocycles. The first kappa shape index (κ1) is 12.0. The number of rotatable bonds is 4. The maximum atomic E-state index is 5.92. The Balaban J connectivity index is 2.92. The molecule has 1 atom stereocenters. The van der Waals surface area contributed by atoms with E-state index in [1.165, 1.54) is 0 Å². The Morgan fingerprint density at radius 2 is 2.07 bits per heavy atom. The van der Waals surface area contributed by atoms with Crippen LogP contribution in [0, 0.1) is 5.92 Å². The Kier molecular flexibility index (Phi) is 4.09. The monoisotopic (exact) mass is 207 g/mol. The standard InChI is InChI=1S/C12H21N3/c1-9(2)8-15(4)12-11(10(3)13)6-5-7-14-12/h5-7,9-10H,8,13H2,1-4H3. The van der Waals surface area contributed by atoms with Crippen molar-refractivity contribution in [2.75, 3.05) is 18.5 Å². The molecule has 15 heavy (non-hydrogen) atoms. The van der Waals surface area contributed by atoms with Gasteiger partial charge in [0.1, 0.15) is 5.82 Å². The molecule has 1 aromatic rings. The predicted octanol–water partition coefficient (Wildman–Crippen LogP) is 2.19. The average molecular weight is 207 g/mol. The van der Waals surface area contributed by atoms with E-state index in [9.17, 15) is 0 Å². The molecule has 1 heterocycles. The van der Waals surface area contributed by atoms with Gasteiger partial charge in [0.2, 0.25) is 0 Å². The first-order chi connectivity index (χ1) is 7.02. The highest BCUT2D eigenvalue weighted by molar-refractivity contribution is 5.47. The molecule has 1 rings (SSSR count). The van der Waals surface area contributed by atoms with Crippen molar-refractivity contribution >= 4 is 5.82 Å². The van der Waals surface area contributed by atoms with E-state index in [1.807, 2.05) is 25.3 Å². The fourth-order valence-corrected chi connectivity index (χ4v) is 1.72. The second-order valence-corrected chi connectivity index (χ2v) is 4.48. The van der Waals surface area contributed by atoms with Crippen LogP contribution in [-0.2, 0) is 0 Å². The minimum absolute atomic E-state index is 0.0308. The van der Waals surface area contributed by atoms with Crippen molar-refractivity contribution in [2.45, 2.75) is 26.8 Å². The number of nitrogens with two attached hydrogens (primary N) is 1. The van der Waals surface area contributed by atoms with E-state index < -0.39 is 0 Å². The van der Waals surface area contributed by atoms with E-state index in [2.05, 4.69) is 30.8 Å². The molecule has 1 unspecified atom stereocenters. The highest BCUT2D eigenvalue weighted by Crippen LogP contribution is 2.21. The summed E-state index contributed by atoms with van der Waals surface area (Å²) in [5, 5.41) is 0. The number of hydrogen-bond acceptors (Lipinski definition) is 3. The van der Waals surface area contributed by atoms with Crippen LogP contribution in [0.5, 0.6) is 0 Å². The van der Waals surface area contributed by atoms with Crippen molar-refractivity contribution in [3.63, 3.8) is 0 Å². The summed E-state index contributed by atoms with van der Waals surface area (Å²) in [5.74, 6) is 1.62. The van der Waals surface area contributed by atoms with Crippen LogP contribution in [0.4, 0.5) is 5.82 Å². The van der Waals surface area contributed by atoms with Gasteiger partial charge in [-0.05, 0) is 18.9 Å². The molecular weight excluding hydrogens is 186 g/mol. The summed E-state index contributed by atoms with van der Waals surface area (Å²) in [4.78, 5) is 6.57. The van der Waals surface area contributed by atoms with E-state index in [4.69, 9.17) is 5.73 Å². The molecule has 0 aliphatic heterocycles. The summed E-state index contributed by atoms with van der Waals surface area (Å²) in [6, 6.07) is 4.01. The van der Waals surface area contributed by atoms with Crippen molar-refractivity contribution in [3.8, 4) is 0 Å². The first-order valence-electron chi connectivity index (χ1n) is 5.44. The molecule has 0 amide bonds. The zero-order chi connectivity index (χ0) is 11.4. The Hall–Kier alpha value is -1.09. The Bertz CT molecular complexity index is 307. The summed E-state index contributed by atoms with van der Waals surface area (Å²) in [7, 11) is 2.06. The highest BCUT2D eigenvalue weighted by Gasteiger charge is 2.12. The van der Waals surface area contributed by atoms with Gasteiger partial charge in [-0.15, -0.1) is 0 Å². The summed E-state index contributed by atoms with van der Waals surface area (Å²) < 4.78 is 0. The third-order valence-corrected chi connectivity index (χ3v) is 2.31. The van der Waals surface area contributed by atoms with Crippen LogP contribution in [0.1, 0.15) is 32.4 Å². The minimum atomic E-state index is 0.0308. The Morgan fingerprint density at radius 1 is 1.40 bits per heavy atom. The van der Waals surface area contributed by atoms with Gasteiger partial charge >= 0.3 is 0 Å². The average Bonchev–Trinajstić information content (AvgIpc) is 2.16. The molecule has 0 aromatic carbocycles. The van der Waals surface area contributed by atoms with Gasteiger partial charge in [0, 0.05) is 31.4 Å². The van der Waals surface area contributed by atoms with Crippen LogP contribution in [-0.4, -0.2) is 18.6 Å². The van der Waals surface area contributed by atoms with Gasteiger partial charge < -0.3 is 10.6 Å². The van der Waals surface area contributed by atoms with Gasteiger partial charge in [0.25, 0.3) is 0 Å². The van der Waals surface area contributed by atoms with Crippen LogP contribution >= 0.6 is 0 Å². The second kappa shape index (κ2) is 5.12. The van der Waals surface area contributed by atoms with Crippen LogP contribution in [0.15, 0.2) is 18.3 Å². The summed E-state index contributed by atoms with van der Waals surface area (Å²) in [5.41, 5.74) is 7.03. The normalized spacial score (nSPS) is 12.9. The van der Waals surface area contributed by atoms with E-state index in [0.717, 1.165) is 17.9 Å². The third kappa shape index (κ3) is 3.20. The number of aromatic nitrogens is 1. The van der Waals surface area contributed by atoms with E-state index in [-0.39, 0.29) is 6.04 Å². The molecule has 0 bridgehead atoms. The molecule has 0 aliphatic carbocycles. The fourth-order valence-electron chi connectivity index (χ4n) is 1.72. The number of hydrogen-bond donors (Lipinski definition) is 1. The van der Waals surface area contributed by atoms with Crippen LogP contribution in [0.3, 0.4) is 0 Å². The first-order valence-corrected chi connectivity index (χ1v) is 5.44. The van der Waals surface area contributed by atoms with Gasteiger partial charge in [-0.2, -0.15) is 0 Å². The Labute approximate surface area is 92.3 Å². The molecule has 1 aromatic heterocycles. The SMILES string of the molecule is CC(C)CN(C)c1ncccc1C(C)N. The lowest BCUT2D eigenvalue weighted by atomic mass is 10.1. The lowest BCUT2D eigenvalue weighted by Gasteiger charge is -2.24. The number of pyridine rings is 1. The van der Waals surface area contributed by atoms with Crippen molar-refractivity contribution in [1.82, 2.24) is 4.98 Å². The molecule has 0 aliphatic rings.